The molecule has 16 heavy (non-hydrogen) atoms. The molecule has 0 radical (unpaired) electrons. The van der Waals surface area contributed by atoms with Crippen molar-refractivity contribution in [2.45, 2.75) is 39.0 Å². The fourth-order valence-electron chi connectivity index (χ4n) is 2.76. The van der Waals surface area contributed by atoms with E-state index in [4.69, 9.17) is 0 Å². The Bertz CT molecular complexity index is 492. The summed E-state index contributed by atoms with van der Waals surface area (Å²) in [6.07, 6.45) is 6.72. The number of rotatable bonds is 2. The molecule has 2 aromatic rings. The SMILES string of the molecule is Cc1ccc2nc(CC3CCCC3)[nH]c2c1. The van der Waals surface area contributed by atoms with E-state index in [1.807, 2.05) is 0 Å². The first-order valence-electron chi connectivity index (χ1n) is 6.26. The van der Waals surface area contributed by atoms with Crippen LogP contribution in [0.2, 0.25) is 0 Å². The lowest BCUT2D eigenvalue weighted by molar-refractivity contribution is 0.534. The summed E-state index contributed by atoms with van der Waals surface area (Å²) in [5, 5.41) is 0. The third-order valence-corrected chi connectivity index (χ3v) is 3.64. The van der Waals surface area contributed by atoms with E-state index in [0.29, 0.717) is 0 Å². The van der Waals surface area contributed by atoms with E-state index >= 15 is 0 Å². The van der Waals surface area contributed by atoms with Crippen molar-refractivity contribution in [3.8, 4) is 0 Å². The minimum atomic E-state index is 0.863. The highest BCUT2D eigenvalue weighted by molar-refractivity contribution is 5.75. The molecule has 2 nitrogen and oxygen atoms in total. The molecule has 0 unspecified atom stereocenters. The van der Waals surface area contributed by atoms with Gasteiger partial charge in [0.1, 0.15) is 5.82 Å². The second-order valence-corrected chi connectivity index (χ2v) is 5.06. The highest BCUT2D eigenvalue weighted by Gasteiger charge is 2.16. The summed E-state index contributed by atoms with van der Waals surface area (Å²) in [6.45, 7) is 2.12. The summed E-state index contributed by atoms with van der Waals surface area (Å²) < 4.78 is 0. The van der Waals surface area contributed by atoms with E-state index < -0.39 is 0 Å². The summed E-state index contributed by atoms with van der Waals surface area (Å²) in [5.41, 5.74) is 3.59. The number of imidazole rings is 1. The largest absolute Gasteiger partial charge is 0.342 e. The number of hydrogen-bond donors (Lipinski definition) is 1. The third-order valence-electron chi connectivity index (χ3n) is 3.64. The first-order chi connectivity index (χ1) is 7.81. The number of fused-ring (bicyclic) bond motifs is 1. The molecule has 1 N–H and O–H groups in total. The van der Waals surface area contributed by atoms with Gasteiger partial charge in [-0.05, 0) is 30.5 Å². The van der Waals surface area contributed by atoms with Crippen LogP contribution in [-0.4, -0.2) is 9.97 Å². The van der Waals surface area contributed by atoms with Crippen molar-refractivity contribution in [1.29, 1.82) is 0 Å². The molecule has 1 heterocycles. The monoisotopic (exact) mass is 214 g/mol. The van der Waals surface area contributed by atoms with Crippen LogP contribution in [0.1, 0.15) is 37.1 Å². The molecule has 0 bridgehead atoms. The number of hydrogen-bond acceptors (Lipinski definition) is 1. The molecule has 0 amide bonds. The van der Waals surface area contributed by atoms with Gasteiger partial charge in [0.2, 0.25) is 0 Å². The van der Waals surface area contributed by atoms with Crippen molar-refractivity contribution in [3.63, 3.8) is 0 Å². The third kappa shape index (κ3) is 1.84. The Hall–Kier alpha value is -1.31. The zero-order valence-corrected chi connectivity index (χ0v) is 9.79. The predicted molar refractivity (Wildman–Crippen MR) is 66.5 cm³/mol. The maximum absolute atomic E-state index is 4.66. The topological polar surface area (TPSA) is 28.7 Å². The first-order valence-corrected chi connectivity index (χ1v) is 6.26. The molecule has 0 atom stereocenters. The second kappa shape index (κ2) is 3.93. The van der Waals surface area contributed by atoms with Gasteiger partial charge in [0.15, 0.2) is 0 Å². The Morgan fingerprint density at radius 2 is 2.12 bits per heavy atom. The lowest BCUT2D eigenvalue weighted by Crippen LogP contribution is -2.00. The van der Waals surface area contributed by atoms with E-state index in [1.165, 1.54) is 42.6 Å². The van der Waals surface area contributed by atoms with Gasteiger partial charge in [-0.3, -0.25) is 0 Å². The molecular weight excluding hydrogens is 196 g/mol. The summed E-state index contributed by atoms with van der Waals surface area (Å²) >= 11 is 0. The second-order valence-electron chi connectivity index (χ2n) is 5.06. The van der Waals surface area contributed by atoms with Gasteiger partial charge in [0.05, 0.1) is 11.0 Å². The van der Waals surface area contributed by atoms with Crippen LogP contribution in [0.3, 0.4) is 0 Å². The lowest BCUT2D eigenvalue weighted by Gasteiger charge is -2.04. The molecule has 0 saturated heterocycles. The number of aryl methyl sites for hydroxylation is 1. The summed E-state index contributed by atoms with van der Waals surface area (Å²) in [6, 6.07) is 6.42. The molecule has 84 valence electrons. The van der Waals surface area contributed by atoms with Crippen molar-refractivity contribution in [2.75, 3.05) is 0 Å². The van der Waals surface area contributed by atoms with E-state index in [9.17, 15) is 0 Å². The van der Waals surface area contributed by atoms with Crippen molar-refractivity contribution in [1.82, 2.24) is 9.97 Å². The number of nitrogens with zero attached hydrogens (tertiary/aromatic N) is 1. The van der Waals surface area contributed by atoms with Crippen molar-refractivity contribution >= 4 is 11.0 Å². The fraction of sp³-hybridized carbons (Fsp3) is 0.500. The zero-order valence-electron chi connectivity index (χ0n) is 9.79. The standard InChI is InChI=1S/C14H18N2/c1-10-6-7-12-13(8-10)16-14(15-12)9-11-4-2-3-5-11/h6-8,11H,2-5,9H2,1H3,(H,15,16). The molecule has 3 rings (SSSR count). The maximum atomic E-state index is 4.66. The van der Waals surface area contributed by atoms with E-state index in [0.717, 1.165) is 17.9 Å². The Morgan fingerprint density at radius 3 is 2.94 bits per heavy atom. The molecule has 0 spiro atoms. The van der Waals surface area contributed by atoms with Crippen LogP contribution >= 0.6 is 0 Å². The molecule has 1 aliphatic rings. The molecular formula is C14H18N2. The molecule has 1 fully saturated rings. The summed E-state index contributed by atoms with van der Waals surface area (Å²) in [7, 11) is 0. The normalized spacial score (nSPS) is 17.3. The summed E-state index contributed by atoms with van der Waals surface area (Å²) in [5.74, 6) is 2.04. The van der Waals surface area contributed by atoms with Crippen LogP contribution in [0.4, 0.5) is 0 Å². The molecule has 1 aromatic carbocycles. The van der Waals surface area contributed by atoms with Gasteiger partial charge < -0.3 is 4.98 Å². The Balaban J connectivity index is 1.86. The average Bonchev–Trinajstić information content (AvgIpc) is 2.86. The van der Waals surface area contributed by atoms with E-state index in [1.54, 1.807) is 0 Å². The van der Waals surface area contributed by atoms with Crippen LogP contribution < -0.4 is 0 Å². The minimum Gasteiger partial charge on any atom is -0.342 e. The van der Waals surface area contributed by atoms with Crippen molar-refractivity contribution < 1.29 is 0 Å². The molecule has 0 aliphatic heterocycles. The van der Waals surface area contributed by atoms with Gasteiger partial charge in [0, 0.05) is 6.42 Å². The van der Waals surface area contributed by atoms with Gasteiger partial charge in [0.25, 0.3) is 0 Å². The number of nitrogens with one attached hydrogen (secondary N) is 1. The first kappa shape index (κ1) is 9.88. The highest BCUT2D eigenvalue weighted by Crippen LogP contribution is 2.27. The number of aromatic nitrogens is 2. The van der Waals surface area contributed by atoms with Gasteiger partial charge in [-0.1, -0.05) is 31.7 Å². The van der Waals surface area contributed by atoms with E-state index in [-0.39, 0.29) is 0 Å². The smallest absolute Gasteiger partial charge is 0.107 e. The minimum absolute atomic E-state index is 0.863. The zero-order chi connectivity index (χ0) is 11.0. The van der Waals surface area contributed by atoms with Gasteiger partial charge in [-0.2, -0.15) is 0 Å². The van der Waals surface area contributed by atoms with Crippen LogP contribution in [0.5, 0.6) is 0 Å². The van der Waals surface area contributed by atoms with Gasteiger partial charge in [-0.25, -0.2) is 4.98 Å². The number of H-pyrrole nitrogens is 1. The van der Waals surface area contributed by atoms with E-state index in [2.05, 4.69) is 35.1 Å². The summed E-state index contributed by atoms with van der Waals surface area (Å²) in [4.78, 5) is 8.11. The van der Waals surface area contributed by atoms with Gasteiger partial charge in [-0.15, -0.1) is 0 Å². The average molecular weight is 214 g/mol. The van der Waals surface area contributed by atoms with Crippen LogP contribution in [0, 0.1) is 12.8 Å². The van der Waals surface area contributed by atoms with Crippen LogP contribution in [0.15, 0.2) is 18.2 Å². The molecule has 2 heteroatoms. The van der Waals surface area contributed by atoms with Crippen molar-refractivity contribution in [2.24, 2.45) is 5.92 Å². The van der Waals surface area contributed by atoms with Crippen LogP contribution in [-0.2, 0) is 6.42 Å². The highest BCUT2D eigenvalue weighted by atomic mass is 14.9. The van der Waals surface area contributed by atoms with Crippen LogP contribution in [0.25, 0.3) is 11.0 Å². The number of aromatic amines is 1. The number of benzene rings is 1. The fourth-order valence-corrected chi connectivity index (χ4v) is 2.76. The van der Waals surface area contributed by atoms with Crippen molar-refractivity contribution in [3.05, 3.63) is 29.6 Å². The maximum Gasteiger partial charge on any atom is 0.107 e. The Labute approximate surface area is 96.1 Å². The molecule has 1 aromatic heterocycles. The molecule has 1 saturated carbocycles. The Kier molecular flexibility index (Phi) is 2.43. The predicted octanol–water partition coefficient (Wildman–Crippen LogP) is 3.60. The molecule has 1 aliphatic carbocycles. The Morgan fingerprint density at radius 1 is 1.31 bits per heavy atom. The lowest BCUT2D eigenvalue weighted by atomic mass is 10.0. The van der Waals surface area contributed by atoms with Gasteiger partial charge >= 0.3 is 0 Å². The quantitative estimate of drug-likeness (QED) is 0.813.